The van der Waals surface area contributed by atoms with Crippen LogP contribution >= 0.6 is 11.8 Å². The number of nitrogens with one attached hydrogen (secondary N) is 2. The van der Waals surface area contributed by atoms with Crippen molar-refractivity contribution in [1.82, 2.24) is 20.8 Å². The summed E-state index contributed by atoms with van der Waals surface area (Å²) < 4.78 is 43.3. The molecule has 2 N–H and O–H groups in total. The highest BCUT2D eigenvalue weighted by atomic mass is 32.2. The van der Waals surface area contributed by atoms with Gasteiger partial charge in [-0.3, -0.25) is 9.59 Å². The first-order chi connectivity index (χ1) is 12.8. The number of nitrogens with zero attached hydrogens (tertiary/aromatic N) is 2. The number of halogens is 3. The lowest BCUT2D eigenvalue weighted by atomic mass is 10.1. The van der Waals surface area contributed by atoms with Crippen LogP contribution < -0.4 is 10.6 Å². The monoisotopic (exact) mass is 402 g/mol. The third kappa shape index (κ3) is 6.59. The zero-order valence-corrected chi connectivity index (χ0v) is 15.1. The summed E-state index contributed by atoms with van der Waals surface area (Å²) in [5.41, 5.74) is -1.04. The fraction of sp³-hybridized carbons (Fsp3) is 0.375. The van der Waals surface area contributed by atoms with Crippen LogP contribution in [0.1, 0.15) is 35.2 Å². The molecule has 2 rings (SSSR count). The van der Waals surface area contributed by atoms with Crippen LogP contribution in [0.15, 0.2) is 33.9 Å². The molecule has 0 radical (unpaired) electrons. The van der Waals surface area contributed by atoms with Gasteiger partial charge < -0.3 is 15.1 Å². The first-order valence-electron chi connectivity index (χ1n) is 7.97. The zero-order chi connectivity index (χ0) is 19.9. The Morgan fingerprint density at radius 2 is 2.00 bits per heavy atom. The maximum absolute atomic E-state index is 12.7. The van der Waals surface area contributed by atoms with Crippen LogP contribution in [0.4, 0.5) is 13.2 Å². The van der Waals surface area contributed by atoms with Crippen LogP contribution in [0.3, 0.4) is 0 Å². The number of carbonyl (C=O) groups is 2. The number of aromatic nitrogens is 2. The third-order valence-electron chi connectivity index (χ3n) is 3.20. The maximum atomic E-state index is 12.7. The lowest BCUT2D eigenvalue weighted by Crippen LogP contribution is -2.25. The van der Waals surface area contributed by atoms with E-state index in [2.05, 4.69) is 20.8 Å². The van der Waals surface area contributed by atoms with E-state index in [0.29, 0.717) is 6.54 Å². The molecule has 11 heteroatoms. The fourth-order valence-electron chi connectivity index (χ4n) is 1.91. The van der Waals surface area contributed by atoms with Gasteiger partial charge in [-0.2, -0.15) is 13.2 Å². The Kier molecular flexibility index (Phi) is 7.22. The molecule has 2 aromatic rings. The van der Waals surface area contributed by atoms with E-state index >= 15 is 0 Å². The van der Waals surface area contributed by atoms with Crippen molar-refractivity contribution >= 4 is 23.6 Å². The van der Waals surface area contributed by atoms with E-state index in [1.807, 2.05) is 6.92 Å². The van der Waals surface area contributed by atoms with E-state index in [1.165, 1.54) is 6.07 Å². The number of rotatable bonds is 8. The number of amides is 2. The molecule has 7 nitrogen and oxygen atoms in total. The minimum Gasteiger partial charge on any atom is -0.414 e. The number of benzene rings is 1. The lowest BCUT2D eigenvalue weighted by Gasteiger charge is -2.08. The largest absolute Gasteiger partial charge is 0.416 e. The Labute approximate surface area is 157 Å². The predicted molar refractivity (Wildman–Crippen MR) is 90.9 cm³/mol. The van der Waals surface area contributed by atoms with Crippen molar-refractivity contribution in [2.45, 2.75) is 31.3 Å². The highest BCUT2D eigenvalue weighted by molar-refractivity contribution is 7.99. The maximum Gasteiger partial charge on any atom is 0.416 e. The predicted octanol–water partition coefficient (Wildman–Crippen LogP) is 2.64. The molecule has 146 valence electrons. The Hall–Kier alpha value is -2.56. The first-order valence-corrected chi connectivity index (χ1v) is 8.95. The van der Waals surface area contributed by atoms with Gasteiger partial charge in [-0.25, -0.2) is 0 Å². The molecular weight excluding hydrogens is 385 g/mol. The second-order valence-electron chi connectivity index (χ2n) is 5.36. The first kappa shape index (κ1) is 20.7. The molecule has 0 aliphatic rings. The number of carbonyl (C=O) groups excluding carboxylic acids is 2. The highest BCUT2D eigenvalue weighted by Gasteiger charge is 2.30. The summed E-state index contributed by atoms with van der Waals surface area (Å²) in [4.78, 5) is 23.5. The van der Waals surface area contributed by atoms with E-state index in [0.717, 1.165) is 36.4 Å². The van der Waals surface area contributed by atoms with Crippen molar-refractivity contribution in [3.63, 3.8) is 0 Å². The van der Waals surface area contributed by atoms with Crippen molar-refractivity contribution in [2.75, 3.05) is 12.3 Å². The van der Waals surface area contributed by atoms with Crippen molar-refractivity contribution in [3.8, 4) is 0 Å². The summed E-state index contributed by atoms with van der Waals surface area (Å²) in [6.07, 6.45) is -3.70. The van der Waals surface area contributed by atoms with E-state index in [1.54, 1.807) is 0 Å². The van der Waals surface area contributed by atoms with Gasteiger partial charge in [0.2, 0.25) is 11.8 Å². The van der Waals surface area contributed by atoms with E-state index in [-0.39, 0.29) is 34.9 Å². The molecule has 0 spiro atoms. The van der Waals surface area contributed by atoms with Crippen molar-refractivity contribution < 1.29 is 27.2 Å². The molecule has 1 aromatic heterocycles. The average molecular weight is 402 g/mol. The molecule has 0 aliphatic heterocycles. The van der Waals surface area contributed by atoms with E-state index in [9.17, 15) is 22.8 Å². The summed E-state index contributed by atoms with van der Waals surface area (Å²) in [6.45, 7) is 2.37. The topological polar surface area (TPSA) is 97.1 Å². The van der Waals surface area contributed by atoms with E-state index < -0.39 is 17.6 Å². The van der Waals surface area contributed by atoms with Crippen LogP contribution in [0.5, 0.6) is 0 Å². The number of hydrogen-bond donors (Lipinski definition) is 2. The van der Waals surface area contributed by atoms with Crippen molar-refractivity contribution in [3.05, 3.63) is 41.3 Å². The second-order valence-corrected chi connectivity index (χ2v) is 6.29. The molecule has 0 saturated carbocycles. The van der Waals surface area contributed by atoms with Crippen LogP contribution in [-0.2, 0) is 17.5 Å². The van der Waals surface area contributed by atoms with Gasteiger partial charge in [-0.1, -0.05) is 24.8 Å². The van der Waals surface area contributed by atoms with Gasteiger partial charge in [-0.05, 0) is 24.6 Å². The Morgan fingerprint density at radius 1 is 1.22 bits per heavy atom. The smallest absolute Gasteiger partial charge is 0.414 e. The van der Waals surface area contributed by atoms with Gasteiger partial charge >= 0.3 is 6.18 Å². The fourth-order valence-corrected chi connectivity index (χ4v) is 2.52. The minimum absolute atomic E-state index is 0.0757. The van der Waals surface area contributed by atoms with Crippen LogP contribution in [0, 0.1) is 0 Å². The number of alkyl halides is 3. The quantitative estimate of drug-likeness (QED) is 0.659. The summed E-state index contributed by atoms with van der Waals surface area (Å²) in [5, 5.41) is 12.7. The molecule has 0 aliphatic carbocycles. The zero-order valence-electron chi connectivity index (χ0n) is 14.3. The van der Waals surface area contributed by atoms with E-state index in [4.69, 9.17) is 4.42 Å². The molecule has 1 aromatic carbocycles. The summed E-state index contributed by atoms with van der Waals surface area (Å²) in [5.74, 6) is -0.684. The summed E-state index contributed by atoms with van der Waals surface area (Å²) >= 11 is 1.05. The molecule has 0 saturated heterocycles. The van der Waals surface area contributed by atoms with Crippen LogP contribution in [0.2, 0.25) is 0 Å². The van der Waals surface area contributed by atoms with Gasteiger partial charge in [-0.15, -0.1) is 10.2 Å². The van der Waals surface area contributed by atoms with Gasteiger partial charge in [0.1, 0.15) is 0 Å². The highest BCUT2D eigenvalue weighted by Crippen LogP contribution is 2.29. The van der Waals surface area contributed by atoms with Crippen LogP contribution in [-0.4, -0.2) is 34.3 Å². The normalized spacial score (nSPS) is 11.3. The van der Waals surface area contributed by atoms with Crippen molar-refractivity contribution in [1.29, 1.82) is 0 Å². The summed E-state index contributed by atoms with van der Waals surface area (Å²) in [7, 11) is 0. The molecule has 0 fully saturated rings. The molecule has 1 heterocycles. The Bertz CT molecular complexity index is 795. The second kappa shape index (κ2) is 9.40. The van der Waals surface area contributed by atoms with Gasteiger partial charge in [0.15, 0.2) is 0 Å². The molecule has 0 bridgehead atoms. The third-order valence-corrected chi connectivity index (χ3v) is 4.02. The SMILES string of the molecule is CCCNC(=O)CSc1nnc(CNC(=O)c2cccc(C(F)(F)F)c2)o1. The number of thioether (sulfide) groups is 1. The Balaban J connectivity index is 1.86. The standard InChI is InChI=1S/C16H17F3N4O3S/c1-2-6-20-12(24)9-27-15-23-22-13(26-15)8-21-14(25)10-4-3-5-11(7-10)16(17,18)19/h3-5,7H,2,6,8-9H2,1H3,(H,20,24)(H,21,25). The van der Waals surface area contributed by atoms with Gasteiger partial charge in [0.05, 0.1) is 17.9 Å². The number of hydrogen-bond acceptors (Lipinski definition) is 6. The molecule has 0 atom stereocenters. The van der Waals surface area contributed by atoms with Crippen LogP contribution in [0.25, 0.3) is 0 Å². The van der Waals surface area contributed by atoms with Crippen molar-refractivity contribution in [2.24, 2.45) is 0 Å². The lowest BCUT2D eigenvalue weighted by molar-refractivity contribution is -0.137. The van der Waals surface area contributed by atoms with Gasteiger partial charge in [0.25, 0.3) is 11.1 Å². The molecule has 27 heavy (non-hydrogen) atoms. The molecular formula is C16H17F3N4O3S. The Morgan fingerprint density at radius 3 is 2.70 bits per heavy atom. The minimum atomic E-state index is -4.53. The van der Waals surface area contributed by atoms with Gasteiger partial charge in [0, 0.05) is 12.1 Å². The molecule has 2 amide bonds. The molecule has 0 unspecified atom stereocenters. The average Bonchev–Trinajstić information content (AvgIpc) is 3.10. The summed E-state index contributed by atoms with van der Waals surface area (Å²) in [6, 6.07) is 4.08.